The van der Waals surface area contributed by atoms with Crippen LogP contribution in [0.3, 0.4) is 0 Å². The maximum absolute atomic E-state index is 11.8. The Balaban J connectivity index is 2.58. The smallest absolute Gasteiger partial charge is 0.253 e. The van der Waals surface area contributed by atoms with Gasteiger partial charge in [0.25, 0.3) is 5.91 Å². The lowest BCUT2D eigenvalue weighted by molar-refractivity contribution is -0.130. The number of rotatable bonds is 6. The predicted octanol–water partition coefficient (Wildman–Crippen LogP) is 2.55. The van der Waals surface area contributed by atoms with Crippen molar-refractivity contribution in [3.8, 4) is 0 Å². The quantitative estimate of drug-likeness (QED) is 0.754. The van der Waals surface area contributed by atoms with Crippen LogP contribution in [0.15, 0.2) is 18.2 Å². The van der Waals surface area contributed by atoms with Crippen molar-refractivity contribution < 1.29 is 15.0 Å². The van der Waals surface area contributed by atoms with E-state index in [1.54, 1.807) is 0 Å². The van der Waals surface area contributed by atoms with Gasteiger partial charge in [0.15, 0.2) is 6.10 Å². The van der Waals surface area contributed by atoms with Gasteiger partial charge in [0.05, 0.1) is 6.10 Å². The summed E-state index contributed by atoms with van der Waals surface area (Å²) < 4.78 is 0. The summed E-state index contributed by atoms with van der Waals surface area (Å²) in [6.45, 7) is 4.06. The number of aliphatic hydroxyl groups excluding tert-OH is 2. The van der Waals surface area contributed by atoms with Gasteiger partial charge in [0, 0.05) is 16.6 Å². The SMILES string of the molecule is CC(C)CC(O)CNC(=O)C(O)c1cc(Cl)cc(Cl)c1. The van der Waals surface area contributed by atoms with E-state index >= 15 is 0 Å². The summed E-state index contributed by atoms with van der Waals surface area (Å²) in [5.41, 5.74) is 0.318. The Morgan fingerprint density at radius 3 is 2.25 bits per heavy atom. The Morgan fingerprint density at radius 1 is 1.20 bits per heavy atom. The average molecular weight is 320 g/mol. The van der Waals surface area contributed by atoms with Crippen molar-refractivity contribution in [1.82, 2.24) is 5.32 Å². The average Bonchev–Trinajstić information content (AvgIpc) is 2.33. The normalized spacial score (nSPS) is 14.2. The molecule has 0 saturated heterocycles. The van der Waals surface area contributed by atoms with Crippen LogP contribution in [0.5, 0.6) is 0 Å². The fraction of sp³-hybridized carbons (Fsp3) is 0.500. The van der Waals surface area contributed by atoms with Crippen molar-refractivity contribution in [2.45, 2.75) is 32.5 Å². The number of aliphatic hydroxyl groups is 2. The Kier molecular flexibility index (Phi) is 6.76. The molecule has 0 aliphatic rings. The summed E-state index contributed by atoms with van der Waals surface area (Å²) in [6, 6.07) is 4.47. The number of hydrogen-bond acceptors (Lipinski definition) is 3. The van der Waals surface area contributed by atoms with Gasteiger partial charge in [-0.15, -0.1) is 0 Å². The first-order chi connectivity index (χ1) is 9.29. The zero-order valence-corrected chi connectivity index (χ0v) is 12.9. The zero-order chi connectivity index (χ0) is 15.3. The lowest BCUT2D eigenvalue weighted by Gasteiger charge is -2.16. The maximum atomic E-state index is 11.8. The summed E-state index contributed by atoms with van der Waals surface area (Å²) >= 11 is 11.6. The molecule has 0 spiro atoms. The van der Waals surface area contributed by atoms with Crippen molar-refractivity contribution in [1.29, 1.82) is 0 Å². The molecule has 6 heteroatoms. The number of benzene rings is 1. The largest absolute Gasteiger partial charge is 0.391 e. The topological polar surface area (TPSA) is 69.6 Å². The van der Waals surface area contributed by atoms with E-state index in [0.29, 0.717) is 27.9 Å². The van der Waals surface area contributed by atoms with E-state index in [9.17, 15) is 15.0 Å². The lowest BCUT2D eigenvalue weighted by Crippen LogP contribution is -2.36. The van der Waals surface area contributed by atoms with Crippen molar-refractivity contribution >= 4 is 29.1 Å². The third kappa shape index (κ3) is 5.67. The number of amides is 1. The molecular formula is C14H19Cl2NO3. The molecular weight excluding hydrogens is 301 g/mol. The molecule has 1 rings (SSSR count). The minimum Gasteiger partial charge on any atom is -0.391 e. The lowest BCUT2D eigenvalue weighted by atomic mass is 10.1. The Labute approximate surface area is 128 Å². The summed E-state index contributed by atoms with van der Waals surface area (Å²) in [5, 5.41) is 22.8. The molecule has 0 radical (unpaired) electrons. The van der Waals surface area contributed by atoms with Crippen LogP contribution in [0.4, 0.5) is 0 Å². The first kappa shape index (κ1) is 17.2. The molecule has 20 heavy (non-hydrogen) atoms. The van der Waals surface area contributed by atoms with Gasteiger partial charge in [-0.2, -0.15) is 0 Å². The van der Waals surface area contributed by atoms with Crippen LogP contribution in [-0.2, 0) is 4.79 Å². The van der Waals surface area contributed by atoms with Crippen LogP contribution in [-0.4, -0.2) is 28.8 Å². The second kappa shape index (κ2) is 7.84. The van der Waals surface area contributed by atoms with E-state index in [0.717, 1.165) is 0 Å². The summed E-state index contributed by atoms with van der Waals surface area (Å²) in [7, 11) is 0. The number of carbonyl (C=O) groups excluding carboxylic acids is 1. The van der Waals surface area contributed by atoms with E-state index in [1.165, 1.54) is 18.2 Å². The van der Waals surface area contributed by atoms with Gasteiger partial charge in [-0.1, -0.05) is 37.0 Å². The molecule has 1 aromatic rings. The first-order valence-corrected chi connectivity index (χ1v) is 7.15. The van der Waals surface area contributed by atoms with Crippen molar-refractivity contribution in [2.75, 3.05) is 6.54 Å². The highest BCUT2D eigenvalue weighted by Gasteiger charge is 2.19. The molecule has 1 aromatic carbocycles. The summed E-state index contributed by atoms with van der Waals surface area (Å²) in [4.78, 5) is 11.8. The molecule has 0 saturated carbocycles. The molecule has 4 nitrogen and oxygen atoms in total. The molecule has 0 heterocycles. The highest BCUT2D eigenvalue weighted by Crippen LogP contribution is 2.23. The molecule has 2 unspecified atom stereocenters. The Bertz CT molecular complexity index is 445. The molecule has 0 fully saturated rings. The number of hydrogen-bond donors (Lipinski definition) is 3. The molecule has 0 aromatic heterocycles. The van der Waals surface area contributed by atoms with Gasteiger partial charge in [0.2, 0.25) is 0 Å². The van der Waals surface area contributed by atoms with E-state index in [2.05, 4.69) is 5.32 Å². The molecule has 112 valence electrons. The Hall–Kier alpha value is -0.810. The fourth-order valence-electron chi connectivity index (χ4n) is 1.83. The molecule has 3 N–H and O–H groups in total. The Morgan fingerprint density at radius 2 is 1.75 bits per heavy atom. The second-order valence-corrected chi connectivity index (χ2v) is 6.01. The molecule has 0 aliphatic heterocycles. The van der Waals surface area contributed by atoms with E-state index in [-0.39, 0.29) is 6.54 Å². The highest BCUT2D eigenvalue weighted by atomic mass is 35.5. The van der Waals surface area contributed by atoms with Crippen LogP contribution < -0.4 is 5.32 Å². The molecule has 2 atom stereocenters. The summed E-state index contributed by atoms with van der Waals surface area (Å²) in [5.74, 6) is -0.260. The number of nitrogens with one attached hydrogen (secondary N) is 1. The van der Waals surface area contributed by atoms with Crippen LogP contribution in [0.25, 0.3) is 0 Å². The monoisotopic (exact) mass is 319 g/mol. The van der Waals surface area contributed by atoms with Gasteiger partial charge in [-0.3, -0.25) is 4.79 Å². The van der Waals surface area contributed by atoms with E-state index < -0.39 is 18.1 Å². The fourth-order valence-corrected chi connectivity index (χ4v) is 2.37. The van der Waals surface area contributed by atoms with Gasteiger partial charge in [-0.05, 0) is 36.1 Å². The molecule has 0 bridgehead atoms. The van der Waals surface area contributed by atoms with Crippen LogP contribution >= 0.6 is 23.2 Å². The number of carbonyl (C=O) groups is 1. The number of halogens is 2. The maximum Gasteiger partial charge on any atom is 0.253 e. The van der Waals surface area contributed by atoms with Crippen molar-refractivity contribution in [3.05, 3.63) is 33.8 Å². The standard InChI is InChI=1S/C14H19Cl2NO3/c1-8(2)3-12(18)7-17-14(20)13(19)9-4-10(15)6-11(16)5-9/h4-6,8,12-13,18-19H,3,7H2,1-2H3,(H,17,20). The minimum atomic E-state index is -1.36. The minimum absolute atomic E-state index is 0.0996. The summed E-state index contributed by atoms with van der Waals surface area (Å²) in [6.07, 6.45) is -1.41. The van der Waals surface area contributed by atoms with Crippen LogP contribution in [0.2, 0.25) is 10.0 Å². The van der Waals surface area contributed by atoms with Crippen LogP contribution in [0.1, 0.15) is 31.9 Å². The highest BCUT2D eigenvalue weighted by molar-refractivity contribution is 6.34. The second-order valence-electron chi connectivity index (χ2n) is 5.13. The third-order valence-corrected chi connectivity index (χ3v) is 3.14. The van der Waals surface area contributed by atoms with Crippen LogP contribution in [0, 0.1) is 5.92 Å². The zero-order valence-electron chi connectivity index (χ0n) is 11.4. The van der Waals surface area contributed by atoms with Gasteiger partial charge >= 0.3 is 0 Å². The van der Waals surface area contributed by atoms with Crippen molar-refractivity contribution in [3.63, 3.8) is 0 Å². The van der Waals surface area contributed by atoms with Crippen molar-refractivity contribution in [2.24, 2.45) is 5.92 Å². The van der Waals surface area contributed by atoms with E-state index in [1.807, 2.05) is 13.8 Å². The molecule has 0 aliphatic carbocycles. The van der Waals surface area contributed by atoms with Gasteiger partial charge < -0.3 is 15.5 Å². The van der Waals surface area contributed by atoms with Gasteiger partial charge in [-0.25, -0.2) is 0 Å². The third-order valence-electron chi connectivity index (χ3n) is 2.70. The van der Waals surface area contributed by atoms with Gasteiger partial charge in [0.1, 0.15) is 0 Å². The first-order valence-electron chi connectivity index (χ1n) is 6.39. The molecule has 1 amide bonds. The van der Waals surface area contributed by atoms with E-state index in [4.69, 9.17) is 23.2 Å². The predicted molar refractivity (Wildman–Crippen MR) is 79.9 cm³/mol.